The Labute approximate surface area is 222 Å². The highest BCUT2D eigenvalue weighted by Crippen LogP contribution is 2.45. The first kappa shape index (κ1) is 31.8. The first-order valence-electron chi connectivity index (χ1n) is 13.4. The molecule has 0 bridgehead atoms. The number of carbonyl (C=O) groups is 1. The Morgan fingerprint density at radius 3 is 2.39 bits per heavy atom. The summed E-state index contributed by atoms with van der Waals surface area (Å²) in [6.07, 6.45) is 11.8. The molecule has 1 saturated heterocycles. The van der Waals surface area contributed by atoms with Crippen molar-refractivity contribution in [1.82, 2.24) is 9.55 Å². The normalized spacial score (nSPS) is 20.6. The van der Waals surface area contributed by atoms with Crippen molar-refractivity contribution in [3.63, 3.8) is 0 Å². The van der Waals surface area contributed by atoms with Gasteiger partial charge < -0.3 is 9.26 Å². The van der Waals surface area contributed by atoms with E-state index in [9.17, 15) is 23.8 Å². The van der Waals surface area contributed by atoms with E-state index in [1.54, 1.807) is 0 Å². The molecule has 0 aromatic carbocycles. The lowest BCUT2D eigenvalue weighted by atomic mass is 10.1. The van der Waals surface area contributed by atoms with E-state index in [4.69, 9.17) is 14.8 Å². The zero-order valence-electron chi connectivity index (χ0n) is 22.2. The smallest absolute Gasteiger partial charge is 0.371 e. The molecule has 2 rings (SSSR count). The number of rotatable bonds is 18. The number of carbonyl (C=O) groups excluding carboxylic acids is 1. The molecule has 1 aromatic rings. The maximum Gasteiger partial charge on any atom is 0.529 e. The summed E-state index contributed by atoms with van der Waals surface area (Å²) in [5.74, 6) is -0.834. The Kier molecular flexibility index (Phi) is 13.8. The highest BCUT2D eigenvalue weighted by atomic mass is 31.2. The van der Waals surface area contributed by atoms with Crippen LogP contribution in [0.1, 0.15) is 102 Å². The third-order valence-corrected chi connectivity index (χ3v) is 7.37. The zero-order valence-corrected chi connectivity index (χ0v) is 23.1. The number of nitrogens with zero attached hydrogens (tertiary/aromatic N) is 4. The van der Waals surface area contributed by atoms with Crippen molar-refractivity contribution in [3.05, 3.63) is 43.0 Å². The SMILES string of the molecule is CCCCCCCCCCCCCC(=O)OP(=O)(O)OC[C@H]1O[C@@H](n2cc(C)c(=O)[nH]c2=O)C[C@@H]1N=[N+]=[N-]. The Bertz CT molecular complexity index is 1100. The van der Waals surface area contributed by atoms with Crippen molar-refractivity contribution >= 4 is 13.8 Å². The molecule has 2 heterocycles. The fraction of sp³-hybridized carbons (Fsp3) is 0.792. The molecule has 13 nitrogen and oxygen atoms in total. The summed E-state index contributed by atoms with van der Waals surface area (Å²) in [6, 6.07) is -0.823. The summed E-state index contributed by atoms with van der Waals surface area (Å²) in [7, 11) is -4.72. The average Bonchev–Trinajstić information content (AvgIpc) is 3.26. The van der Waals surface area contributed by atoms with E-state index in [0.717, 1.165) is 23.8 Å². The first-order chi connectivity index (χ1) is 18.2. The van der Waals surface area contributed by atoms with Gasteiger partial charge in [-0.15, -0.1) is 0 Å². The number of aryl methyl sites for hydroxylation is 1. The molecule has 1 aliphatic heterocycles. The molecule has 0 amide bonds. The maximum atomic E-state index is 12.3. The predicted molar refractivity (Wildman–Crippen MR) is 140 cm³/mol. The monoisotopic (exact) mass is 557 g/mol. The lowest BCUT2D eigenvalue weighted by Gasteiger charge is -2.18. The van der Waals surface area contributed by atoms with Crippen molar-refractivity contribution in [3.8, 4) is 0 Å². The van der Waals surface area contributed by atoms with Crippen LogP contribution >= 0.6 is 7.82 Å². The first-order valence-corrected chi connectivity index (χ1v) is 14.9. The second-order valence-electron chi connectivity index (χ2n) is 9.63. The van der Waals surface area contributed by atoms with Gasteiger partial charge in [0.1, 0.15) is 6.23 Å². The summed E-state index contributed by atoms with van der Waals surface area (Å²) >= 11 is 0. The molecule has 1 aromatic heterocycles. The zero-order chi connectivity index (χ0) is 28.0. The van der Waals surface area contributed by atoms with E-state index in [1.807, 2.05) is 0 Å². The van der Waals surface area contributed by atoms with Crippen molar-refractivity contribution in [1.29, 1.82) is 0 Å². The third kappa shape index (κ3) is 11.1. The molecule has 0 aliphatic carbocycles. The quantitative estimate of drug-likeness (QED) is 0.0813. The van der Waals surface area contributed by atoms with Gasteiger partial charge in [0, 0.05) is 29.5 Å². The second-order valence-corrected chi connectivity index (χ2v) is 11.0. The highest BCUT2D eigenvalue weighted by molar-refractivity contribution is 7.48. The third-order valence-electron chi connectivity index (χ3n) is 6.46. The number of aromatic nitrogens is 2. The van der Waals surface area contributed by atoms with Gasteiger partial charge >= 0.3 is 19.5 Å². The number of phosphoric ester groups is 1. The van der Waals surface area contributed by atoms with E-state index < -0.39 is 50.0 Å². The van der Waals surface area contributed by atoms with E-state index in [-0.39, 0.29) is 18.4 Å². The van der Waals surface area contributed by atoms with Crippen molar-refractivity contribution in [2.24, 2.45) is 5.11 Å². The van der Waals surface area contributed by atoms with Gasteiger partial charge in [-0.2, -0.15) is 0 Å². The summed E-state index contributed by atoms with van der Waals surface area (Å²) in [5, 5.41) is 3.61. The Hall–Kier alpha value is -2.43. The molecule has 1 aliphatic rings. The maximum absolute atomic E-state index is 12.3. The van der Waals surface area contributed by atoms with E-state index in [1.165, 1.54) is 58.1 Å². The molecule has 4 atom stereocenters. The average molecular weight is 558 g/mol. The van der Waals surface area contributed by atoms with Gasteiger partial charge in [0.05, 0.1) is 18.8 Å². The van der Waals surface area contributed by atoms with Crippen LogP contribution in [0.2, 0.25) is 0 Å². The Morgan fingerprint density at radius 1 is 1.18 bits per heavy atom. The molecular formula is C24H40N5O8P. The minimum atomic E-state index is -4.72. The van der Waals surface area contributed by atoms with Crippen LogP contribution in [0.5, 0.6) is 0 Å². The van der Waals surface area contributed by atoms with Crippen LogP contribution in [-0.4, -0.2) is 39.2 Å². The van der Waals surface area contributed by atoms with Gasteiger partial charge in [-0.05, 0) is 18.9 Å². The number of ether oxygens (including phenoxy) is 1. The van der Waals surface area contributed by atoms with Crippen molar-refractivity contribution < 1.29 is 28.0 Å². The number of phosphoric acid groups is 1. The molecule has 2 N–H and O–H groups in total. The van der Waals surface area contributed by atoms with Gasteiger partial charge in [-0.1, -0.05) is 76.2 Å². The van der Waals surface area contributed by atoms with Crippen molar-refractivity contribution in [2.75, 3.05) is 6.61 Å². The molecular weight excluding hydrogens is 517 g/mol. The highest BCUT2D eigenvalue weighted by Gasteiger charge is 2.39. The van der Waals surface area contributed by atoms with Crippen LogP contribution in [-0.2, 0) is 23.1 Å². The second kappa shape index (κ2) is 16.5. The fourth-order valence-corrected chi connectivity index (χ4v) is 5.06. The van der Waals surface area contributed by atoms with Gasteiger partial charge in [-0.25, -0.2) is 9.36 Å². The molecule has 38 heavy (non-hydrogen) atoms. The Balaban J connectivity index is 1.72. The number of hydrogen-bond acceptors (Lipinski definition) is 8. The van der Waals surface area contributed by atoms with Gasteiger partial charge in [0.2, 0.25) is 0 Å². The molecule has 14 heteroatoms. The number of unbranched alkanes of at least 4 members (excludes halogenated alkanes) is 10. The van der Waals surface area contributed by atoms with Crippen LogP contribution in [0.15, 0.2) is 20.9 Å². The van der Waals surface area contributed by atoms with Crippen LogP contribution in [0.25, 0.3) is 10.4 Å². The molecule has 1 fully saturated rings. The molecule has 0 spiro atoms. The Morgan fingerprint density at radius 2 is 1.79 bits per heavy atom. The minimum absolute atomic E-state index is 0.00274. The summed E-state index contributed by atoms with van der Waals surface area (Å²) in [4.78, 5) is 50.7. The van der Waals surface area contributed by atoms with Crippen LogP contribution in [0, 0.1) is 6.92 Å². The van der Waals surface area contributed by atoms with Crippen LogP contribution in [0.3, 0.4) is 0 Å². The predicted octanol–water partition coefficient (Wildman–Crippen LogP) is 5.17. The molecule has 214 valence electrons. The van der Waals surface area contributed by atoms with E-state index >= 15 is 0 Å². The van der Waals surface area contributed by atoms with Gasteiger partial charge in [-0.3, -0.25) is 28.6 Å². The van der Waals surface area contributed by atoms with Crippen molar-refractivity contribution in [2.45, 2.75) is 116 Å². The topological polar surface area (TPSA) is 186 Å². The standard InChI is InChI=1S/C24H40N5O8P/c1-3-4-5-6-7-8-9-10-11-12-13-14-22(30)37-38(33,34)35-17-20-19(27-28-25)15-21(36-20)29-16-18(2)23(31)26-24(29)32/h16,19-21H,3-15,17H2,1-2H3,(H,33,34)(H,26,31,32)/t19-,20+,21+/m0/s1. The van der Waals surface area contributed by atoms with E-state index in [2.05, 4.69) is 26.5 Å². The number of aromatic amines is 1. The summed E-state index contributed by atoms with van der Waals surface area (Å²) < 4.78 is 28.7. The van der Waals surface area contributed by atoms with E-state index in [0.29, 0.717) is 6.42 Å². The number of H-pyrrole nitrogens is 1. The number of nitrogens with one attached hydrogen (secondary N) is 1. The number of hydrogen-bond donors (Lipinski definition) is 2. The summed E-state index contributed by atoms with van der Waals surface area (Å²) in [6.45, 7) is 3.20. The summed E-state index contributed by atoms with van der Waals surface area (Å²) in [5.41, 5.74) is 7.89. The lowest BCUT2D eigenvalue weighted by molar-refractivity contribution is -0.136. The number of azide groups is 1. The largest absolute Gasteiger partial charge is 0.529 e. The van der Waals surface area contributed by atoms with Gasteiger partial charge in [0.25, 0.3) is 5.56 Å². The van der Waals surface area contributed by atoms with Gasteiger partial charge in [0.15, 0.2) is 0 Å². The van der Waals surface area contributed by atoms with Crippen LogP contribution in [0.4, 0.5) is 0 Å². The molecule has 0 saturated carbocycles. The molecule has 0 radical (unpaired) electrons. The minimum Gasteiger partial charge on any atom is -0.371 e. The molecule has 1 unspecified atom stereocenters. The van der Waals surface area contributed by atoms with Crippen LogP contribution < -0.4 is 11.2 Å². The fourth-order valence-electron chi connectivity index (χ4n) is 4.33. The lowest BCUT2D eigenvalue weighted by Crippen LogP contribution is -2.33.